The monoisotopic (exact) mass is 511 g/mol. The standard InChI is InChI=1S/C29H22ClN3O4/c1-37-27-15-26(32-17-25(27)23-14-21(30)10-7-20(23)16-31)24(13-18-5-3-2-4-6-18)28(34)33-22-11-8-19(9-12-22)29(35)36/h2-12,14-15,17,24H,13H2,1H3,(H,33,34)(H,35,36). The number of nitrogens with zero attached hydrogens (tertiary/aromatic N) is 2. The van der Waals surface area contributed by atoms with E-state index in [0.29, 0.717) is 45.3 Å². The molecular formula is C29H22ClN3O4. The summed E-state index contributed by atoms with van der Waals surface area (Å²) < 4.78 is 5.63. The Balaban J connectivity index is 1.72. The Morgan fingerprint density at radius 1 is 1.05 bits per heavy atom. The van der Waals surface area contributed by atoms with Gasteiger partial charge in [0.1, 0.15) is 5.75 Å². The van der Waals surface area contributed by atoms with Gasteiger partial charge in [-0.1, -0.05) is 41.9 Å². The highest BCUT2D eigenvalue weighted by Gasteiger charge is 2.25. The lowest BCUT2D eigenvalue weighted by Gasteiger charge is -2.19. The Bertz CT molecular complexity index is 1480. The van der Waals surface area contributed by atoms with Crippen LogP contribution in [0.25, 0.3) is 11.1 Å². The molecule has 0 aliphatic heterocycles. The molecule has 1 atom stereocenters. The highest BCUT2D eigenvalue weighted by Crippen LogP contribution is 2.35. The summed E-state index contributed by atoms with van der Waals surface area (Å²) in [5, 5.41) is 22.0. The van der Waals surface area contributed by atoms with Crippen LogP contribution < -0.4 is 10.1 Å². The number of halogens is 1. The molecule has 0 aliphatic rings. The first kappa shape index (κ1) is 25.4. The molecule has 0 radical (unpaired) electrons. The number of carboxylic acids is 1. The Hall–Kier alpha value is -4.67. The highest BCUT2D eigenvalue weighted by atomic mass is 35.5. The Morgan fingerprint density at radius 2 is 1.78 bits per heavy atom. The van der Waals surface area contributed by atoms with Gasteiger partial charge >= 0.3 is 5.97 Å². The van der Waals surface area contributed by atoms with Crippen LogP contribution in [0, 0.1) is 11.3 Å². The highest BCUT2D eigenvalue weighted by molar-refractivity contribution is 6.31. The molecule has 8 heteroatoms. The van der Waals surface area contributed by atoms with Crippen LogP contribution in [-0.2, 0) is 11.2 Å². The van der Waals surface area contributed by atoms with Gasteiger partial charge in [-0.3, -0.25) is 9.78 Å². The molecule has 0 spiro atoms. The van der Waals surface area contributed by atoms with Crippen molar-refractivity contribution in [2.45, 2.75) is 12.3 Å². The first-order chi connectivity index (χ1) is 17.9. The third kappa shape index (κ3) is 5.95. The number of hydrogen-bond donors (Lipinski definition) is 2. The smallest absolute Gasteiger partial charge is 0.335 e. The Morgan fingerprint density at radius 3 is 2.43 bits per heavy atom. The van der Waals surface area contributed by atoms with E-state index in [-0.39, 0.29) is 11.5 Å². The molecule has 1 unspecified atom stereocenters. The van der Waals surface area contributed by atoms with E-state index in [0.717, 1.165) is 5.56 Å². The number of anilines is 1. The number of carbonyl (C=O) groups excluding carboxylic acids is 1. The van der Waals surface area contributed by atoms with Crippen molar-refractivity contribution < 1.29 is 19.4 Å². The molecule has 0 saturated carbocycles. The molecule has 184 valence electrons. The average molecular weight is 512 g/mol. The lowest BCUT2D eigenvalue weighted by atomic mass is 9.93. The van der Waals surface area contributed by atoms with Crippen molar-refractivity contribution in [3.63, 3.8) is 0 Å². The zero-order valence-electron chi connectivity index (χ0n) is 19.8. The molecule has 7 nitrogen and oxygen atoms in total. The minimum atomic E-state index is -1.05. The van der Waals surface area contributed by atoms with Crippen LogP contribution in [0.2, 0.25) is 5.02 Å². The topological polar surface area (TPSA) is 112 Å². The summed E-state index contributed by atoms with van der Waals surface area (Å²) in [5.74, 6) is -1.59. The van der Waals surface area contributed by atoms with E-state index < -0.39 is 11.9 Å². The number of methoxy groups -OCH3 is 1. The first-order valence-corrected chi connectivity index (χ1v) is 11.7. The molecule has 0 bridgehead atoms. The molecule has 37 heavy (non-hydrogen) atoms. The number of benzene rings is 3. The van der Waals surface area contributed by atoms with E-state index in [1.807, 2.05) is 30.3 Å². The van der Waals surface area contributed by atoms with Crippen LogP contribution in [-0.4, -0.2) is 29.1 Å². The number of hydrogen-bond acceptors (Lipinski definition) is 5. The minimum Gasteiger partial charge on any atom is -0.496 e. The van der Waals surface area contributed by atoms with Gasteiger partial charge < -0.3 is 15.2 Å². The van der Waals surface area contributed by atoms with Crippen LogP contribution in [0.5, 0.6) is 5.75 Å². The number of aromatic carboxylic acids is 1. The third-order valence-corrected chi connectivity index (χ3v) is 6.09. The van der Waals surface area contributed by atoms with E-state index in [4.69, 9.17) is 21.4 Å². The summed E-state index contributed by atoms with van der Waals surface area (Å²) in [6.45, 7) is 0. The first-order valence-electron chi connectivity index (χ1n) is 11.3. The van der Waals surface area contributed by atoms with Crippen molar-refractivity contribution in [2.75, 3.05) is 12.4 Å². The summed E-state index contributed by atoms with van der Waals surface area (Å²) in [5.41, 5.74) is 3.58. The van der Waals surface area contributed by atoms with E-state index in [1.165, 1.54) is 19.2 Å². The molecule has 0 saturated heterocycles. The molecule has 4 aromatic rings. The maximum Gasteiger partial charge on any atom is 0.335 e. The van der Waals surface area contributed by atoms with Gasteiger partial charge in [0.15, 0.2) is 0 Å². The van der Waals surface area contributed by atoms with Gasteiger partial charge in [0.2, 0.25) is 5.91 Å². The zero-order valence-corrected chi connectivity index (χ0v) is 20.6. The second-order valence-corrected chi connectivity index (χ2v) is 8.66. The average Bonchev–Trinajstić information content (AvgIpc) is 2.92. The fourth-order valence-corrected chi connectivity index (χ4v) is 4.13. The van der Waals surface area contributed by atoms with Gasteiger partial charge in [0.05, 0.1) is 35.9 Å². The Kier molecular flexibility index (Phi) is 7.82. The molecule has 0 fully saturated rings. The minimum absolute atomic E-state index is 0.124. The predicted molar refractivity (Wildman–Crippen MR) is 141 cm³/mol. The number of aromatic nitrogens is 1. The summed E-state index contributed by atoms with van der Waals surface area (Å²) in [6.07, 6.45) is 1.95. The lowest BCUT2D eigenvalue weighted by Crippen LogP contribution is -2.24. The number of amides is 1. The van der Waals surface area contributed by atoms with E-state index >= 15 is 0 Å². The van der Waals surface area contributed by atoms with Crippen molar-refractivity contribution in [1.82, 2.24) is 4.98 Å². The molecule has 1 amide bonds. The van der Waals surface area contributed by atoms with Crippen molar-refractivity contribution in [1.29, 1.82) is 5.26 Å². The van der Waals surface area contributed by atoms with Gasteiger partial charge in [-0.2, -0.15) is 5.26 Å². The zero-order chi connectivity index (χ0) is 26.4. The molecule has 3 aromatic carbocycles. The van der Waals surface area contributed by atoms with Crippen LogP contribution in [0.1, 0.15) is 33.1 Å². The van der Waals surface area contributed by atoms with Crippen molar-refractivity contribution in [3.05, 3.63) is 112 Å². The lowest BCUT2D eigenvalue weighted by molar-refractivity contribution is -0.117. The van der Waals surface area contributed by atoms with Crippen molar-refractivity contribution in [3.8, 4) is 22.9 Å². The SMILES string of the molecule is COc1cc(C(Cc2ccccc2)C(=O)Nc2ccc(C(=O)O)cc2)ncc1-c1cc(Cl)ccc1C#N. The van der Waals surface area contributed by atoms with E-state index in [9.17, 15) is 14.9 Å². The van der Waals surface area contributed by atoms with Gasteiger partial charge in [-0.15, -0.1) is 0 Å². The van der Waals surface area contributed by atoms with Crippen LogP contribution >= 0.6 is 11.6 Å². The molecule has 1 heterocycles. The number of carbonyl (C=O) groups is 2. The maximum absolute atomic E-state index is 13.5. The largest absolute Gasteiger partial charge is 0.496 e. The van der Waals surface area contributed by atoms with Crippen LogP contribution in [0.4, 0.5) is 5.69 Å². The third-order valence-electron chi connectivity index (χ3n) is 5.85. The number of ether oxygens (including phenoxy) is 1. The quantitative estimate of drug-likeness (QED) is 0.302. The van der Waals surface area contributed by atoms with Gasteiger partial charge in [0, 0.05) is 34.1 Å². The maximum atomic E-state index is 13.5. The summed E-state index contributed by atoms with van der Waals surface area (Å²) >= 11 is 6.18. The molecule has 2 N–H and O–H groups in total. The van der Waals surface area contributed by atoms with Gasteiger partial charge in [-0.25, -0.2) is 4.79 Å². The molecular weight excluding hydrogens is 490 g/mol. The summed E-state index contributed by atoms with van der Waals surface area (Å²) in [6, 6.07) is 24.3. The molecule has 0 aliphatic carbocycles. The molecule has 1 aromatic heterocycles. The number of nitrogens with one attached hydrogen (secondary N) is 1. The van der Waals surface area contributed by atoms with Crippen LogP contribution in [0.15, 0.2) is 85.1 Å². The van der Waals surface area contributed by atoms with E-state index in [1.54, 1.807) is 42.6 Å². The fourth-order valence-electron chi connectivity index (χ4n) is 3.96. The summed E-state index contributed by atoms with van der Waals surface area (Å²) in [7, 11) is 1.51. The number of nitriles is 1. The second-order valence-electron chi connectivity index (χ2n) is 8.23. The Labute approximate surface area is 218 Å². The normalized spacial score (nSPS) is 11.3. The second kappa shape index (κ2) is 11.4. The van der Waals surface area contributed by atoms with Gasteiger partial charge in [-0.05, 0) is 54.4 Å². The fraction of sp³-hybridized carbons (Fsp3) is 0.103. The number of pyridine rings is 1. The van der Waals surface area contributed by atoms with Gasteiger partial charge in [0.25, 0.3) is 0 Å². The number of rotatable bonds is 8. The van der Waals surface area contributed by atoms with Crippen molar-refractivity contribution in [2.24, 2.45) is 0 Å². The summed E-state index contributed by atoms with van der Waals surface area (Å²) in [4.78, 5) is 29.2. The number of carboxylic acid groups (broad SMARTS) is 1. The van der Waals surface area contributed by atoms with Crippen LogP contribution in [0.3, 0.4) is 0 Å². The van der Waals surface area contributed by atoms with E-state index in [2.05, 4.69) is 16.4 Å². The predicted octanol–water partition coefficient (Wildman–Crippen LogP) is 5.95. The molecule has 4 rings (SSSR count). The van der Waals surface area contributed by atoms with Crippen molar-refractivity contribution >= 4 is 29.2 Å².